The molecule has 0 fully saturated rings. The molecule has 0 unspecified atom stereocenters. The zero-order valence-corrected chi connectivity index (χ0v) is 23.3. The maximum atomic E-state index is 9.58. The minimum atomic E-state index is 0.338. The van der Waals surface area contributed by atoms with Gasteiger partial charge in [0.05, 0.1) is 51.1 Å². The fourth-order valence-electron chi connectivity index (χ4n) is 5.44. The van der Waals surface area contributed by atoms with Crippen molar-refractivity contribution in [3.8, 4) is 63.9 Å². The second-order valence-electron chi connectivity index (χ2n) is 10.2. The molecule has 0 radical (unpaired) electrons. The first-order chi connectivity index (χ1) is 22.1. The number of fused-ring (bicyclic) bond motifs is 3. The highest BCUT2D eigenvalue weighted by atomic mass is 15.0. The van der Waals surface area contributed by atoms with Gasteiger partial charge in [0.15, 0.2) is 11.6 Å². The SMILES string of the molecule is N#Cc1cnc(-c2ccc(-n3c4ccccc4c4ccc(-c5cc(C#N)cc(C#N)c5)cc43)c(-c3ncc(C#N)cn3)c2)nc1. The Hall–Kier alpha value is -7.20. The van der Waals surface area contributed by atoms with Crippen LogP contribution in [0.3, 0.4) is 0 Å². The van der Waals surface area contributed by atoms with Gasteiger partial charge in [0.1, 0.15) is 12.1 Å². The molecule has 7 rings (SSSR count). The number of hydrogen-bond donors (Lipinski definition) is 0. The molecule has 9 nitrogen and oxygen atoms in total. The summed E-state index contributed by atoms with van der Waals surface area (Å²) in [5.74, 6) is 0.840. The van der Waals surface area contributed by atoms with Gasteiger partial charge >= 0.3 is 0 Å². The highest BCUT2D eigenvalue weighted by molar-refractivity contribution is 6.10. The van der Waals surface area contributed by atoms with Crippen LogP contribution in [0.15, 0.2) is 104 Å². The van der Waals surface area contributed by atoms with Gasteiger partial charge in [-0.2, -0.15) is 21.0 Å². The molecule has 4 aromatic carbocycles. The summed E-state index contributed by atoms with van der Waals surface area (Å²) in [5, 5.41) is 39.7. The minimum Gasteiger partial charge on any atom is -0.308 e. The molecular weight excluding hydrogens is 558 g/mol. The van der Waals surface area contributed by atoms with Gasteiger partial charge in [-0.25, -0.2) is 19.9 Å². The monoisotopic (exact) mass is 575 g/mol. The molecule has 0 amide bonds. The summed E-state index contributed by atoms with van der Waals surface area (Å²) in [4.78, 5) is 17.8. The standard InChI is InChI=1S/C36H17N9/c37-14-22-9-23(15-38)11-28(10-22)26-5-7-30-29-3-1-2-4-32(29)45(34(30)13-26)33-8-6-27(35-41-18-24(16-39)19-42-35)12-31(33)36-43-20-25(17-40)21-44-36/h1-13,18-21H. The second-order valence-corrected chi connectivity index (χ2v) is 10.2. The Morgan fingerprint density at radius 1 is 0.467 bits per heavy atom. The highest BCUT2D eigenvalue weighted by Gasteiger charge is 2.19. The van der Waals surface area contributed by atoms with Gasteiger partial charge in [0.25, 0.3) is 0 Å². The summed E-state index contributed by atoms with van der Waals surface area (Å²) >= 11 is 0. The maximum Gasteiger partial charge on any atom is 0.161 e. The van der Waals surface area contributed by atoms with E-state index in [9.17, 15) is 21.0 Å². The Labute approximate surface area is 256 Å². The van der Waals surface area contributed by atoms with Crippen LogP contribution in [0, 0.1) is 45.3 Å². The average Bonchev–Trinajstić information content (AvgIpc) is 3.44. The first kappa shape index (κ1) is 26.7. The summed E-state index contributed by atoms with van der Waals surface area (Å²) in [5.41, 5.74) is 7.12. The van der Waals surface area contributed by atoms with Crippen molar-refractivity contribution in [2.24, 2.45) is 0 Å². The molecule has 206 valence electrons. The lowest BCUT2D eigenvalue weighted by atomic mass is 9.99. The molecule has 0 saturated carbocycles. The van der Waals surface area contributed by atoms with Gasteiger partial charge in [-0.05, 0) is 59.7 Å². The van der Waals surface area contributed by atoms with E-state index in [0.717, 1.165) is 38.6 Å². The fourth-order valence-corrected chi connectivity index (χ4v) is 5.44. The third kappa shape index (κ3) is 4.66. The van der Waals surface area contributed by atoms with Gasteiger partial charge in [-0.1, -0.05) is 30.3 Å². The third-order valence-electron chi connectivity index (χ3n) is 7.50. The second kappa shape index (κ2) is 10.9. The van der Waals surface area contributed by atoms with E-state index in [1.54, 1.807) is 18.2 Å². The van der Waals surface area contributed by atoms with Gasteiger partial charge in [-0.15, -0.1) is 0 Å². The van der Waals surface area contributed by atoms with Crippen molar-refractivity contribution < 1.29 is 0 Å². The summed E-state index contributed by atoms with van der Waals surface area (Å²) in [7, 11) is 0. The van der Waals surface area contributed by atoms with Gasteiger partial charge in [0.2, 0.25) is 0 Å². The lowest BCUT2D eigenvalue weighted by molar-refractivity contribution is 1.12. The molecule has 3 aromatic heterocycles. The molecule has 0 saturated heterocycles. The van der Waals surface area contributed by atoms with E-state index in [4.69, 9.17) is 0 Å². The lowest BCUT2D eigenvalue weighted by Crippen LogP contribution is -2.01. The summed E-state index contributed by atoms with van der Waals surface area (Å²) in [6, 6.07) is 33.5. The fraction of sp³-hybridized carbons (Fsp3) is 0. The van der Waals surface area contributed by atoms with Crippen molar-refractivity contribution in [3.05, 3.63) is 126 Å². The van der Waals surface area contributed by atoms with Crippen LogP contribution in [-0.4, -0.2) is 24.5 Å². The number of nitrogens with zero attached hydrogens (tertiary/aromatic N) is 9. The Kier molecular flexibility index (Phi) is 6.46. The first-order valence-corrected chi connectivity index (χ1v) is 13.7. The largest absolute Gasteiger partial charge is 0.308 e. The van der Waals surface area contributed by atoms with Crippen LogP contribution in [0.25, 0.3) is 61.4 Å². The Morgan fingerprint density at radius 2 is 1.04 bits per heavy atom. The van der Waals surface area contributed by atoms with E-state index in [-0.39, 0.29) is 0 Å². The Morgan fingerprint density at radius 3 is 1.69 bits per heavy atom. The van der Waals surface area contributed by atoms with Crippen LogP contribution in [0.4, 0.5) is 0 Å². The molecule has 0 aliphatic carbocycles. The topological polar surface area (TPSA) is 152 Å². The highest BCUT2D eigenvalue weighted by Crippen LogP contribution is 2.38. The molecule has 0 aliphatic rings. The molecule has 45 heavy (non-hydrogen) atoms. The van der Waals surface area contributed by atoms with Crippen LogP contribution in [0.5, 0.6) is 0 Å². The van der Waals surface area contributed by atoms with Crippen molar-refractivity contribution in [1.82, 2.24) is 24.5 Å². The average molecular weight is 576 g/mol. The molecule has 0 spiro atoms. The summed E-state index contributed by atoms with van der Waals surface area (Å²) in [6.45, 7) is 0. The number of benzene rings is 4. The molecule has 7 aromatic rings. The zero-order valence-electron chi connectivity index (χ0n) is 23.3. The summed E-state index contributed by atoms with van der Waals surface area (Å²) < 4.78 is 2.13. The lowest BCUT2D eigenvalue weighted by Gasteiger charge is -2.15. The summed E-state index contributed by atoms with van der Waals surface area (Å²) in [6.07, 6.45) is 5.91. The molecular formula is C36H17N9. The molecule has 0 atom stereocenters. The van der Waals surface area contributed by atoms with Crippen molar-refractivity contribution in [2.75, 3.05) is 0 Å². The molecule has 0 bridgehead atoms. The van der Waals surface area contributed by atoms with Crippen molar-refractivity contribution in [1.29, 1.82) is 21.0 Å². The predicted molar refractivity (Wildman–Crippen MR) is 167 cm³/mol. The van der Waals surface area contributed by atoms with E-state index >= 15 is 0 Å². The maximum absolute atomic E-state index is 9.58. The first-order valence-electron chi connectivity index (χ1n) is 13.7. The smallest absolute Gasteiger partial charge is 0.161 e. The quantitative estimate of drug-likeness (QED) is 0.221. The van der Waals surface area contributed by atoms with E-state index in [1.807, 2.05) is 60.7 Å². The van der Waals surface area contributed by atoms with E-state index in [1.165, 1.54) is 24.8 Å². The van der Waals surface area contributed by atoms with Crippen LogP contribution < -0.4 is 0 Å². The van der Waals surface area contributed by atoms with Gasteiger partial charge in [-0.3, -0.25) is 0 Å². The van der Waals surface area contributed by atoms with Crippen molar-refractivity contribution in [2.45, 2.75) is 0 Å². The molecule has 0 aliphatic heterocycles. The minimum absolute atomic E-state index is 0.338. The Balaban J connectivity index is 1.51. The van der Waals surface area contributed by atoms with Crippen LogP contribution in [0.1, 0.15) is 22.3 Å². The van der Waals surface area contributed by atoms with Crippen LogP contribution >= 0.6 is 0 Å². The number of para-hydroxylation sites is 1. The van der Waals surface area contributed by atoms with Gasteiger partial charge < -0.3 is 4.57 Å². The molecule has 0 N–H and O–H groups in total. The van der Waals surface area contributed by atoms with E-state index in [0.29, 0.717) is 45.0 Å². The molecule has 9 heteroatoms. The normalized spacial score (nSPS) is 10.6. The zero-order chi connectivity index (χ0) is 30.9. The number of nitriles is 4. The van der Waals surface area contributed by atoms with Crippen molar-refractivity contribution in [3.63, 3.8) is 0 Å². The van der Waals surface area contributed by atoms with Gasteiger partial charge in [0, 0.05) is 46.7 Å². The van der Waals surface area contributed by atoms with Crippen LogP contribution in [0.2, 0.25) is 0 Å². The predicted octanol–water partition coefficient (Wildman–Crippen LogP) is 6.85. The van der Waals surface area contributed by atoms with Crippen LogP contribution in [-0.2, 0) is 0 Å². The third-order valence-corrected chi connectivity index (χ3v) is 7.50. The Bertz CT molecular complexity index is 2430. The number of aromatic nitrogens is 5. The van der Waals surface area contributed by atoms with Crippen molar-refractivity contribution >= 4 is 21.8 Å². The van der Waals surface area contributed by atoms with E-state index < -0.39 is 0 Å². The van der Waals surface area contributed by atoms with E-state index in [2.05, 4.69) is 48.8 Å². The number of hydrogen-bond acceptors (Lipinski definition) is 8. The number of rotatable bonds is 4. The molecule has 3 heterocycles.